The summed E-state index contributed by atoms with van der Waals surface area (Å²) in [7, 11) is -7.20. The van der Waals surface area contributed by atoms with Crippen molar-refractivity contribution < 1.29 is 88.7 Å². The summed E-state index contributed by atoms with van der Waals surface area (Å²) in [5, 5.41) is 64.8. The Bertz CT molecular complexity index is 2590. The Morgan fingerprint density at radius 1 is 0.696 bits per heavy atom. The van der Waals surface area contributed by atoms with Crippen molar-refractivity contribution in [1.82, 2.24) is 9.80 Å². The summed E-state index contributed by atoms with van der Waals surface area (Å²) in [6, 6.07) is 32.1. The van der Waals surface area contributed by atoms with E-state index in [0.717, 1.165) is 31.8 Å². The van der Waals surface area contributed by atoms with E-state index in [-0.39, 0.29) is 50.3 Å². The number of aliphatic hydroxyl groups is 5. The van der Waals surface area contributed by atoms with Gasteiger partial charge in [0.15, 0.2) is 12.6 Å². The van der Waals surface area contributed by atoms with Crippen LogP contribution in [0.1, 0.15) is 172 Å². The first kappa shape index (κ1) is 79.3. The van der Waals surface area contributed by atoms with Crippen LogP contribution in [-0.4, -0.2) is 171 Å². The standard InChI is InChI=1S/C69H110N2O13P.F6P/c1-14-57-69(10,78)62(74)51(6)71(58(72)41-33-22-20-18-16-15-17-19-21-23-34-42-85(53-35-27-24-28-36-53,54-37-29-25-30-38-54)55-39-31-26-32-40-55)46-47(2)44-67(8,77)64(84-66-60(73)56(70(11)12)43-48(3)80-66)49(4)61(50(5)65(76)82-57)83-59-45-68(9,79-13)63(75)52(7)81-59;1-7(2,3,4,5)6/h24-32,35-40,47-52,56-57,59-64,66,73-75,77-78H,14-23,33-34,41-46H2,1-13H3;/q+1;-1/t47-,48-,49+,50-,51-,52+,56+,57-,59+,60-,61+,62-,63+,64-,66+,67-,68-,69-;/m1./s1. The molecule has 23 heteroatoms. The monoisotopic (exact) mass is 1350 g/mol. The van der Waals surface area contributed by atoms with Crippen LogP contribution in [0, 0.1) is 17.8 Å². The van der Waals surface area contributed by atoms with Gasteiger partial charge in [0, 0.05) is 38.5 Å². The Hall–Kier alpha value is -3.40. The van der Waals surface area contributed by atoms with Crippen molar-refractivity contribution in [2.24, 2.45) is 17.8 Å². The van der Waals surface area contributed by atoms with Gasteiger partial charge in [-0.2, -0.15) is 0 Å². The van der Waals surface area contributed by atoms with E-state index >= 15 is 0 Å². The van der Waals surface area contributed by atoms with Crippen molar-refractivity contribution in [2.45, 2.75) is 262 Å². The average Bonchev–Trinajstić information content (AvgIpc) is 0.845. The Morgan fingerprint density at radius 2 is 1.16 bits per heavy atom. The Balaban J connectivity index is 0.00000207. The Labute approximate surface area is 544 Å². The molecule has 3 aliphatic heterocycles. The number of rotatable bonds is 24. The number of amides is 1. The van der Waals surface area contributed by atoms with Crippen molar-refractivity contribution in [3.8, 4) is 0 Å². The van der Waals surface area contributed by atoms with Crippen molar-refractivity contribution in [3.63, 3.8) is 0 Å². The predicted molar refractivity (Wildman–Crippen MR) is 352 cm³/mol. The van der Waals surface area contributed by atoms with E-state index in [2.05, 4.69) is 91.0 Å². The number of likely N-dealkylation sites (N-methyl/N-ethyl adjacent to an activating group) is 1. The van der Waals surface area contributed by atoms with Crippen LogP contribution in [0.4, 0.5) is 25.2 Å². The van der Waals surface area contributed by atoms with Gasteiger partial charge in [-0.05, 0) is 143 Å². The van der Waals surface area contributed by atoms with Crippen molar-refractivity contribution in [2.75, 3.05) is 33.9 Å². The van der Waals surface area contributed by atoms with Gasteiger partial charge in [-0.15, -0.1) is 0 Å². The number of unbranched alkanes of at least 4 members (excludes halogenated alkanes) is 10. The molecule has 3 saturated heterocycles. The number of carbonyl (C=O) groups excluding carboxylic acids is 2. The van der Waals surface area contributed by atoms with E-state index in [9.17, 15) is 60.3 Å². The number of hydrogen-bond donors (Lipinski definition) is 5. The van der Waals surface area contributed by atoms with Gasteiger partial charge in [0.05, 0.1) is 53.7 Å². The van der Waals surface area contributed by atoms with Crippen molar-refractivity contribution in [3.05, 3.63) is 91.0 Å². The van der Waals surface area contributed by atoms with Gasteiger partial charge in [0.25, 0.3) is 0 Å². The molecule has 3 heterocycles. The Kier molecular flexibility index (Phi) is 28.6. The third-order valence-electron chi connectivity index (χ3n) is 19.2. The van der Waals surface area contributed by atoms with Crippen LogP contribution in [0.5, 0.6) is 0 Å². The molecule has 3 aliphatic rings. The minimum absolute atomic E-state index is 0.0766. The number of hydrogen-bond acceptors (Lipinski definition) is 14. The molecule has 0 aromatic heterocycles. The second kappa shape index (κ2) is 33.2. The van der Waals surface area contributed by atoms with Gasteiger partial charge in [-0.25, -0.2) is 0 Å². The van der Waals surface area contributed by atoms with Gasteiger partial charge in [0.2, 0.25) is 5.91 Å². The minimum atomic E-state index is -10.7. The third-order valence-corrected chi connectivity index (χ3v) is 23.7. The van der Waals surface area contributed by atoms with Crippen LogP contribution in [0.2, 0.25) is 0 Å². The van der Waals surface area contributed by atoms with Gasteiger partial charge in [-0.1, -0.05) is 127 Å². The van der Waals surface area contributed by atoms with Crippen molar-refractivity contribution in [1.29, 1.82) is 0 Å². The van der Waals surface area contributed by atoms with Gasteiger partial charge >= 0.3 is 39.0 Å². The van der Waals surface area contributed by atoms with E-state index in [1.54, 1.807) is 46.4 Å². The summed E-state index contributed by atoms with van der Waals surface area (Å²) in [5.74, 6) is -3.25. The molecule has 0 bridgehead atoms. The SMILES string of the molecule is CC[C@H]1OC(=O)[C@H](C)[C@@H](O[C@H]2C[C@@](C)(OC)[C@@H](O)[C@H](C)O2)[C@H](C)[C@@H](O[C@@H]2O[C@H](C)C[C@H](N(C)C)[C@H]2O)[C@](C)(O)C[C@@H](C)CN(C(=O)CCCCCCCCCCCCC[P+](c2ccccc2)(c2ccccc2)c2ccccc2)[C@H](C)[C@@H](O)[C@]1(C)O.F[P-](F)(F)(F)(F)F. The normalized spacial score (nSPS) is 33.9. The molecule has 526 valence electrons. The summed E-state index contributed by atoms with van der Waals surface area (Å²) in [4.78, 5) is 32.8. The van der Waals surface area contributed by atoms with E-state index in [1.807, 2.05) is 39.8 Å². The van der Waals surface area contributed by atoms with Gasteiger partial charge in [0.1, 0.15) is 53.2 Å². The summed E-state index contributed by atoms with van der Waals surface area (Å²) in [5.41, 5.74) is -4.79. The third kappa shape index (κ3) is 22.9. The zero-order valence-electron chi connectivity index (χ0n) is 56.6. The molecular formula is C69H110F6N2O13P2. The number of nitrogens with zero attached hydrogens (tertiary/aromatic N) is 2. The number of halogens is 6. The van der Waals surface area contributed by atoms with Crippen LogP contribution >= 0.6 is 15.1 Å². The first-order valence-corrected chi connectivity index (χ1v) is 37.2. The van der Waals surface area contributed by atoms with Gasteiger partial charge in [-0.3, -0.25) is 9.59 Å². The van der Waals surface area contributed by atoms with Crippen LogP contribution in [0.25, 0.3) is 0 Å². The molecule has 5 N–H and O–H groups in total. The molecule has 0 aliphatic carbocycles. The topological polar surface area (TPSA) is 197 Å². The fourth-order valence-electron chi connectivity index (χ4n) is 14.1. The molecule has 3 aromatic rings. The fourth-order valence-corrected chi connectivity index (χ4v) is 18.5. The number of carbonyl (C=O) groups is 2. The summed E-state index contributed by atoms with van der Waals surface area (Å²) in [6.45, 7) is 17.5. The summed E-state index contributed by atoms with van der Waals surface area (Å²) < 4.78 is 97.5. The van der Waals surface area contributed by atoms with E-state index in [0.29, 0.717) is 12.8 Å². The molecular weight excluding hydrogens is 1240 g/mol. The quantitative estimate of drug-likeness (QED) is 0.0246. The molecule has 3 fully saturated rings. The molecule has 18 atom stereocenters. The zero-order valence-corrected chi connectivity index (χ0v) is 58.4. The summed E-state index contributed by atoms with van der Waals surface area (Å²) >= 11 is 0. The molecule has 0 radical (unpaired) electrons. The van der Waals surface area contributed by atoms with Crippen LogP contribution in [0.3, 0.4) is 0 Å². The van der Waals surface area contributed by atoms with Crippen LogP contribution in [-0.2, 0) is 38.0 Å². The van der Waals surface area contributed by atoms with E-state index in [4.69, 9.17) is 28.4 Å². The van der Waals surface area contributed by atoms with E-state index < -0.39 is 117 Å². The summed E-state index contributed by atoms with van der Waals surface area (Å²) in [6.07, 6.45) is 3.90. The second-order valence-corrected chi connectivity index (χ2v) is 32.9. The Morgan fingerprint density at radius 3 is 1.62 bits per heavy atom. The first-order chi connectivity index (χ1) is 42.8. The molecule has 92 heavy (non-hydrogen) atoms. The zero-order chi connectivity index (χ0) is 68.7. The van der Waals surface area contributed by atoms with Crippen LogP contribution < -0.4 is 15.9 Å². The average molecular weight is 1350 g/mol. The van der Waals surface area contributed by atoms with Crippen LogP contribution in [0.15, 0.2) is 91.0 Å². The maximum absolute atomic E-state index is 14.7. The molecule has 3 aromatic carbocycles. The molecule has 15 nitrogen and oxygen atoms in total. The number of benzene rings is 3. The van der Waals surface area contributed by atoms with Gasteiger partial charge < -0.3 is 63.8 Å². The molecule has 1 amide bonds. The first-order valence-electron chi connectivity index (χ1n) is 33.2. The number of aliphatic hydroxyl groups excluding tert-OH is 3. The molecule has 0 unspecified atom stereocenters. The maximum atomic E-state index is 14.7. The molecule has 0 spiro atoms. The predicted octanol–water partition coefficient (Wildman–Crippen LogP) is 12.9. The number of cyclic esters (lactones) is 1. The number of methoxy groups -OCH3 is 1. The number of esters is 1. The molecule has 0 saturated carbocycles. The van der Waals surface area contributed by atoms with Crippen molar-refractivity contribution >= 4 is 42.9 Å². The van der Waals surface area contributed by atoms with E-state index in [1.165, 1.54) is 68.5 Å². The number of ether oxygens (including phenoxy) is 6. The fraction of sp³-hybridized carbons (Fsp3) is 0.710. The second-order valence-electron chi connectivity index (χ2n) is 27.4. The molecule has 6 rings (SSSR count).